The SMILES string of the molecule is CC(C)Cc1nnc(C2CC(NC=O)C2C)o1. The van der Waals surface area contributed by atoms with Gasteiger partial charge in [0.1, 0.15) is 0 Å². The molecule has 0 bridgehead atoms. The smallest absolute Gasteiger partial charge is 0.220 e. The van der Waals surface area contributed by atoms with Gasteiger partial charge in [-0.05, 0) is 18.3 Å². The van der Waals surface area contributed by atoms with Gasteiger partial charge in [-0.2, -0.15) is 0 Å². The molecule has 1 N–H and O–H groups in total. The van der Waals surface area contributed by atoms with Crippen molar-refractivity contribution in [2.75, 3.05) is 0 Å². The van der Waals surface area contributed by atoms with Crippen LogP contribution in [-0.4, -0.2) is 22.6 Å². The van der Waals surface area contributed by atoms with E-state index in [2.05, 4.69) is 36.3 Å². The summed E-state index contributed by atoms with van der Waals surface area (Å²) in [5.74, 6) is 2.62. The van der Waals surface area contributed by atoms with Crippen molar-refractivity contribution in [3.63, 3.8) is 0 Å². The van der Waals surface area contributed by atoms with Gasteiger partial charge >= 0.3 is 0 Å². The largest absolute Gasteiger partial charge is 0.425 e. The first-order valence-corrected chi connectivity index (χ1v) is 6.13. The molecule has 1 aromatic heterocycles. The number of carbonyl (C=O) groups is 1. The Balaban J connectivity index is 1.95. The number of hydrogen-bond donors (Lipinski definition) is 1. The minimum absolute atomic E-state index is 0.248. The molecule has 0 spiro atoms. The molecule has 1 heterocycles. The Hall–Kier alpha value is -1.39. The van der Waals surface area contributed by atoms with Crippen LogP contribution in [0.4, 0.5) is 0 Å². The lowest BCUT2D eigenvalue weighted by molar-refractivity contribution is -0.111. The fourth-order valence-electron chi connectivity index (χ4n) is 2.27. The first-order chi connectivity index (χ1) is 8.11. The Kier molecular flexibility index (Phi) is 3.45. The minimum Gasteiger partial charge on any atom is -0.425 e. The molecule has 0 aliphatic heterocycles. The molecule has 1 saturated carbocycles. The van der Waals surface area contributed by atoms with Crippen LogP contribution in [0.1, 0.15) is 44.9 Å². The standard InChI is InChI=1S/C12H19N3O2/c1-7(2)4-11-14-15-12(17-11)9-5-10(8(9)3)13-6-16/h6-10H,4-5H2,1-3H3,(H,13,16). The fraction of sp³-hybridized carbons (Fsp3) is 0.750. The molecule has 1 amide bonds. The maximum Gasteiger partial charge on any atom is 0.220 e. The first kappa shape index (κ1) is 12.1. The van der Waals surface area contributed by atoms with E-state index in [0.717, 1.165) is 25.1 Å². The summed E-state index contributed by atoms with van der Waals surface area (Å²) < 4.78 is 5.66. The number of amides is 1. The summed E-state index contributed by atoms with van der Waals surface area (Å²) in [7, 11) is 0. The summed E-state index contributed by atoms with van der Waals surface area (Å²) in [6.45, 7) is 6.35. The summed E-state index contributed by atoms with van der Waals surface area (Å²) in [5.41, 5.74) is 0. The molecule has 1 aromatic rings. The van der Waals surface area contributed by atoms with Gasteiger partial charge in [-0.25, -0.2) is 0 Å². The van der Waals surface area contributed by atoms with Gasteiger partial charge in [-0.15, -0.1) is 10.2 Å². The average molecular weight is 237 g/mol. The lowest BCUT2D eigenvalue weighted by atomic mass is 9.70. The monoisotopic (exact) mass is 237 g/mol. The zero-order valence-electron chi connectivity index (χ0n) is 10.5. The molecule has 1 aliphatic carbocycles. The molecular weight excluding hydrogens is 218 g/mol. The van der Waals surface area contributed by atoms with E-state index >= 15 is 0 Å². The third kappa shape index (κ3) is 2.48. The number of carbonyl (C=O) groups excluding carboxylic acids is 1. The molecule has 2 rings (SSSR count). The second kappa shape index (κ2) is 4.85. The number of nitrogens with zero attached hydrogens (tertiary/aromatic N) is 2. The van der Waals surface area contributed by atoms with Gasteiger partial charge in [-0.1, -0.05) is 20.8 Å². The van der Waals surface area contributed by atoms with Gasteiger partial charge in [-0.3, -0.25) is 4.79 Å². The molecule has 0 saturated heterocycles. The van der Waals surface area contributed by atoms with Gasteiger partial charge in [0.15, 0.2) is 0 Å². The van der Waals surface area contributed by atoms with E-state index in [-0.39, 0.29) is 6.04 Å². The highest BCUT2D eigenvalue weighted by atomic mass is 16.4. The van der Waals surface area contributed by atoms with Gasteiger partial charge in [0, 0.05) is 18.4 Å². The zero-order valence-corrected chi connectivity index (χ0v) is 10.5. The average Bonchev–Trinajstić information content (AvgIpc) is 2.70. The van der Waals surface area contributed by atoms with Crippen LogP contribution in [-0.2, 0) is 11.2 Å². The molecule has 1 fully saturated rings. The topological polar surface area (TPSA) is 68.0 Å². The summed E-state index contributed by atoms with van der Waals surface area (Å²) in [6.07, 6.45) is 2.47. The summed E-state index contributed by atoms with van der Waals surface area (Å²) in [4.78, 5) is 10.4. The molecule has 1 aliphatic rings. The van der Waals surface area contributed by atoms with Crippen LogP contribution in [0.3, 0.4) is 0 Å². The number of rotatable bonds is 5. The highest BCUT2D eigenvalue weighted by Gasteiger charge is 2.41. The predicted octanol–water partition coefficient (Wildman–Crippen LogP) is 1.51. The summed E-state index contributed by atoms with van der Waals surface area (Å²) >= 11 is 0. The third-order valence-corrected chi connectivity index (χ3v) is 3.44. The van der Waals surface area contributed by atoms with E-state index in [9.17, 15) is 4.79 Å². The molecule has 0 radical (unpaired) electrons. The van der Waals surface area contributed by atoms with Gasteiger partial charge in [0.25, 0.3) is 0 Å². The maximum atomic E-state index is 10.4. The van der Waals surface area contributed by atoms with Crippen molar-refractivity contribution in [1.29, 1.82) is 0 Å². The van der Waals surface area contributed by atoms with Crippen molar-refractivity contribution in [3.05, 3.63) is 11.8 Å². The highest BCUT2D eigenvalue weighted by Crippen LogP contribution is 2.41. The Morgan fingerprint density at radius 2 is 2.29 bits per heavy atom. The molecule has 17 heavy (non-hydrogen) atoms. The third-order valence-electron chi connectivity index (χ3n) is 3.44. The van der Waals surface area contributed by atoms with E-state index in [4.69, 9.17) is 4.42 Å². The van der Waals surface area contributed by atoms with Crippen LogP contribution in [0.2, 0.25) is 0 Å². The Labute approximate surface area is 101 Å². The van der Waals surface area contributed by atoms with Crippen LogP contribution in [0.15, 0.2) is 4.42 Å². The lowest BCUT2D eigenvalue weighted by Crippen LogP contribution is -2.47. The van der Waals surface area contributed by atoms with Crippen molar-refractivity contribution in [3.8, 4) is 0 Å². The van der Waals surface area contributed by atoms with Crippen LogP contribution >= 0.6 is 0 Å². The fourth-order valence-corrected chi connectivity index (χ4v) is 2.27. The normalized spacial score (nSPS) is 27.9. The van der Waals surface area contributed by atoms with Crippen LogP contribution < -0.4 is 5.32 Å². The Bertz CT molecular complexity index is 389. The molecular formula is C12H19N3O2. The van der Waals surface area contributed by atoms with Crippen LogP contribution in [0.25, 0.3) is 0 Å². The van der Waals surface area contributed by atoms with Crippen LogP contribution in [0.5, 0.6) is 0 Å². The Morgan fingerprint density at radius 1 is 1.53 bits per heavy atom. The molecule has 3 unspecified atom stereocenters. The van der Waals surface area contributed by atoms with E-state index in [1.54, 1.807) is 0 Å². The summed E-state index contributed by atoms with van der Waals surface area (Å²) in [5, 5.41) is 11.0. The van der Waals surface area contributed by atoms with Crippen LogP contribution in [0, 0.1) is 11.8 Å². The van der Waals surface area contributed by atoms with E-state index in [1.165, 1.54) is 0 Å². The maximum absolute atomic E-state index is 10.4. The van der Waals surface area contributed by atoms with E-state index < -0.39 is 0 Å². The van der Waals surface area contributed by atoms with E-state index in [0.29, 0.717) is 23.6 Å². The van der Waals surface area contributed by atoms with Crippen molar-refractivity contribution in [2.24, 2.45) is 11.8 Å². The number of hydrogen-bond acceptors (Lipinski definition) is 4. The van der Waals surface area contributed by atoms with Gasteiger partial charge < -0.3 is 9.73 Å². The number of nitrogens with one attached hydrogen (secondary N) is 1. The quantitative estimate of drug-likeness (QED) is 0.788. The predicted molar refractivity (Wildman–Crippen MR) is 62.3 cm³/mol. The van der Waals surface area contributed by atoms with Gasteiger partial charge in [0.05, 0.1) is 0 Å². The number of aromatic nitrogens is 2. The zero-order chi connectivity index (χ0) is 12.4. The molecule has 5 nitrogen and oxygen atoms in total. The Morgan fingerprint density at radius 3 is 2.88 bits per heavy atom. The molecule has 0 aromatic carbocycles. The molecule has 5 heteroatoms. The van der Waals surface area contributed by atoms with Crippen molar-refractivity contribution >= 4 is 6.41 Å². The highest BCUT2D eigenvalue weighted by molar-refractivity contribution is 5.47. The van der Waals surface area contributed by atoms with Crippen molar-refractivity contribution in [1.82, 2.24) is 15.5 Å². The first-order valence-electron chi connectivity index (χ1n) is 6.13. The second-order valence-corrected chi connectivity index (χ2v) is 5.22. The van der Waals surface area contributed by atoms with E-state index in [1.807, 2.05) is 0 Å². The van der Waals surface area contributed by atoms with Crippen molar-refractivity contribution < 1.29 is 9.21 Å². The second-order valence-electron chi connectivity index (χ2n) is 5.22. The lowest BCUT2D eigenvalue weighted by Gasteiger charge is -2.40. The minimum atomic E-state index is 0.248. The molecule has 3 atom stereocenters. The molecule has 94 valence electrons. The van der Waals surface area contributed by atoms with Crippen molar-refractivity contribution in [2.45, 2.75) is 45.6 Å². The summed E-state index contributed by atoms with van der Waals surface area (Å²) in [6, 6.07) is 0.248. The van der Waals surface area contributed by atoms with Gasteiger partial charge in [0.2, 0.25) is 18.2 Å².